The summed E-state index contributed by atoms with van der Waals surface area (Å²) in [6, 6.07) is 12.3. The third kappa shape index (κ3) is 2.71. The predicted molar refractivity (Wildman–Crippen MR) is 89.8 cm³/mol. The van der Waals surface area contributed by atoms with E-state index in [2.05, 4.69) is 37.6 Å². The molecular formula is C18H18N4O. The number of imidazole rings is 1. The first kappa shape index (κ1) is 14.0. The van der Waals surface area contributed by atoms with Crippen molar-refractivity contribution in [1.29, 1.82) is 0 Å². The second-order valence-electron chi connectivity index (χ2n) is 5.45. The summed E-state index contributed by atoms with van der Waals surface area (Å²) in [5.41, 5.74) is 3.30. The van der Waals surface area contributed by atoms with Gasteiger partial charge < -0.3 is 9.64 Å². The normalized spacial score (nSPS) is 14.9. The number of nitrogens with zero attached hydrogens (tertiary/aromatic N) is 4. The molecule has 0 saturated carbocycles. The van der Waals surface area contributed by atoms with Gasteiger partial charge in [0.15, 0.2) is 0 Å². The van der Waals surface area contributed by atoms with Crippen molar-refractivity contribution < 1.29 is 4.74 Å². The summed E-state index contributed by atoms with van der Waals surface area (Å²) in [6.07, 6.45) is 7.56. The molecule has 1 aromatic carbocycles. The molecule has 1 saturated heterocycles. The maximum absolute atomic E-state index is 5.47. The number of benzene rings is 1. The number of hydrogen-bond acceptors (Lipinski definition) is 4. The van der Waals surface area contributed by atoms with Crippen molar-refractivity contribution in [2.75, 3.05) is 31.2 Å². The number of hydrogen-bond donors (Lipinski definition) is 0. The minimum Gasteiger partial charge on any atom is -0.378 e. The lowest BCUT2D eigenvalue weighted by atomic mass is 10.2. The molecule has 0 atom stereocenters. The second-order valence-corrected chi connectivity index (χ2v) is 5.45. The predicted octanol–water partition coefficient (Wildman–Crippen LogP) is 2.77. The molecule has 4 rings (SSSR count). The van der Waals surface area contributed by atoms with Crippen LogP contribution in [0.4, 0.5) is 5.69 Å². The number of morpholine rings is 1. The van der Waals surface area contributed by atoms with Crippen LogP contribution in [-0.2, 0) is 4.74 Å². The SMILES string of the molecule is c1ccc(-c2nccn2-c2cnccc2N2CCOCC2)cc1. The van der Waals surface area contributed by atoms with E-state index in [0.717, 1.165) is 43.4 Å². The zero-order valence-electron chi connectivity index (χ0n) is 12.8. The number of rotatable bonds is 3. The maximum atomic E-state index is 5.47. The van der Waals surface area contributed by atoms with Crippen LogP contribution in [0.15, 0.2) is 61.2 Å². The third-order valence-electron chi connectivity index (χ3n) is 4.06. The first-order valence-electron chi connectivity index (χ1n) is 7.79. The van der Waals surface area contributed by atoms with Gasteiger partial charge in [0.2, 0.25) is 0 Å². The van der Waals surface area contributed by atoms with Gasteiger partial charge in [-0.05, 0) is 6.07 Å². The van der Waals surface area contributed by atoms with Crippen molar-refractivity contribution in [3.63, 3.8) is 0 Å². The summed E-state index contributed by atoms with van der Waals surface area (Å²) in [5.74, 6) is 0.924. The van der Waals surface area contributed by atoms with E-state index in [1.165, 1.54) is 5.69 Å². The highest BCUT2D eigenvalue weighted by atomic mass is 16.5. The van der Waals surface area contributed by atoms with Gasteiger partial charge in [-0.15, -0.1) is 0 Å². The molecule has 3 heterocycles. The van der Waals surface area contributed by atoms with E-state index in [-0.39, 0.29) is 0 Å². The molecular weight excluding hydrogens is 288 g/mol. The summed E-state index contributed by atoms with van der Waals surface area (Å²) >= 11 is 0. The standard InChI is InChI=1S/C18H18N4O/c1-2-4-15(5-3-1)18-20-8-9-22(18)17-14-19-7-6-16(17)21-10-12-23-13-11-21/h1-9,14H,10-13H2. The molecule has 0 spiro atoms. The number of ether oxygens (including phenoxy) is 1. The molecule has 2 aromatic heterocycles. The Balaban J connectivity index is 1.79. The Morgan fingerprint density at radius 3 is 2.57 bits per heavy atom. The van der Waals surface area contributed by atoms with Crippen LogP contribution < -0.4 is 4.90 Å². The highest BCUT2D eigenvalue weighted by molar-refractivity contribution is 5.66. The smallest absolute Gasteiger partial charge is 0.144 e. The van der Waals surface area contributed by atoms with Crippen LogP contribution in [0.5, 0.6) is 0 Å². The van der Waals surface area contributed by atoms with Crippen LogP contribution in [-0.4, -0.2) is 40.8 Å². The van der Waals surface area contributed by atoms with E-state index in [4.69, 9.17) is 4.74 Å². The van der Waals surface area contributed by atoms with Crippen molar-refractivity contribution in [3.05, 3.63) is 61.2 Å². The van der Waals surface area contributed by atoms with E-state index in [9.17, 15) is 0 Å². The molecule has 116 valence electrons. The summed E-state index contributed by atoms with van der Waals surface area (Å²) in [6.45, 7) is 3.31. The largest absolute Gasteiger partial charge is 0.378 e. The number of aromatic nitrogens is 3. The van der Waals surface area contributed by atoms with Gasteiger partial charge in [0, 0.05) is 37.2 Å². The Morgan fingerprint density at radius 2 is 1.74 bits per heavy atom. The molecule has 0 amide bonds. The summed E-state index contributed by atoms with van der Waals surface area (Å²) in [5, 5.41) is 0. The molecule has 0 bridgehead atoms. The molecule has 1 aliphatic rings. The minimum absolute atomic E-state index is 0.761. The van der Waals surface area contributed by atoms with E-state index >= 15 is 0 Å². The van der Waals surface area contributed by atoms with Crippen molar-refractivity contribution in [2.45, 2.75) is 0 Å². The van der Waals surface area contributed by atoms with Crippen molar-refractivity contribution in [2.24, 2.45) is 0 Å². The van der Waals surface area contributed by atoms with Crippen LogP contribution in [0.1, 0.15) is 0 Å². The Kier molecular flexibility index (Phi) is 3.78. The molecule has 1 fully saturated rings. The Bertz CT molecular complexity index is 778. The molecule has 0 unspecified atom stereocenters. The van der Waals surface area contributed by atoms with Gasteiger partial charge in [-0.25, -0.2) is 4.98 Å². The van der Waals surface area contributed by atoms with E-state index in [1.807, 2.05) is 43.0 Å². The Morgan fingerprint density at radius 1 is 0.913 bits per heavy atom. The van der Waals surface area contributed by atoms with Gasteiger partial charge in [0.05, 0.1) is 30.8 Å². The van der Waals surface area contributed by atoms with Crippen LogP contribution in [0.3, 0.4) is 0 Å². The van der Waals surface area contributed by atoms with Gasteiger partial charge in [-0.1, -0.05) is 30.3 Å². The molecule has 23 heavy (non-hydrogen) atoms. The lowest BCUT2D eigenvalue weighted by Crippen LogP contribution is -2.36. The molecule has 5 nitrogen and oxygen atoms in total. The highest BCUT2D eigenvalue weighted by Crippen LogP contribution is 2.28. The maximum Gasteiger partial charge on any atom is 0.144 e. The first-order valence-corrected chi connectivity index (χ1v) is 7.79. The van der Waals surface area contributed by atoms with Crippen LogP contribution in [0.2, 0.25) is 0 Å². The fourth-order valence-corrected chi connectivity index (χ4v) is 2.93. The third-order valence-corrected chi connectivity index (χ3v) is 4.06. The molecule has 0 radical (unpaired) electrons. The molecule has 0 aliphatic carbocycles. The second kappa shape index (κ2) is 6.22. The zero-order chi connectivity index (χ0) is 15.5. The molecule has 0 N–H and O–H groups in total. The average Bonchev–Trinajstić information content (AvgIpc) is 3.13. The van der Waals surface area contributed by atoms with E-state index in [0.29, 0.717) is 0 Å². The van der Waals surface area contributed by atoms with E-state index < -0.39 is 0 Å². The van der Waals surface area contributed by atoms with Gasteiger partial charge in [0.1, 0.15) is 5.82 Å². The quantitative estimate of drug-likeness (QED) is 0.746. The minimum atomic E-state index is 0.761. The lowest BCUT2D eigenvalue weighted by Gasteiger charge is -2.30. The fourth-order valence-electron chi connectivity index (χ4n) is 2.93. The average molecular weight is 306 g/mol. The van der Waals surface area contributed by atoms with Gasteiger partial charge in [-0.2, -0.15) is 0 Å². The monoisotopic (exact) mass is 306 g/mol. The fraction of sp³-hybridized carbons (Fsp3) is 0.222. The Labute approximate surface area is 135 Å². The molecule has 3 aromatic rings. The van der Waals surface area contributed by atoms with Crippen molar-refractivity contribution in [1.82, 2.24) is 14.5 Å². The zero-order valence-corrected chi connectivity index (χ0v) is 12.8. The summed E-state index contributed by atoms with van der Waals surface area (Å²) in [7, 11) is 0. The summed E-state index contributed by atoms with van der Waals surface area (Å²) in [4.78, 5) is 11.2. The molecule has 1 aliphatic heterocycles. The molecule has 5 heteroatoms. The van der Waals surface area contributed by atoms with Gasteiger partial charge >= 0.3 is 0 Å². The van der Waals surface area contributed by atoms with E-state index in [1.54, 1.807) is 0 Å². The van der Waals surface area contributed by atoms with Crippen LogP contribution in [0, 0.1) is 0 Å². The number of pyridine rings is 1. The van der Waals surface area contributed by atoms with Crippen LogP contribution >= 0.6 is 0 Å². The summed E-state index contributed by atoms with van der Waals surface area (Å²) < 4.78 is 7.57. The van der Waals surface area contributed by atoms with Crippen molar-refractivity contribution >= 4 is 5.69 Å². The Hall–Kier alpha value is -2.66. The lowest BCUT2D eigenvalue weighted by molar-refractivity contribution is 0.122. The number of anilines is 1. The van der Waals surface area contributed by atoms with Crippen molar-refractivity contribution in [3.8, 4) is 17.1 Å². The highest BCUT2D eigenvalue weighted by Gasteiger charge is 2.17. The van der Waals surface area contributed by atoms with Gasteiger partial charge in [0.25, 0.3) is 0 Å². The first-order chi connectivity index (χ1) is 11.4. The van der Waals surface area contributed by atoms with Gasteiger partial charge in [-0.3, -0.25) is 9.55 Å². The van der Waals surface area contributed by atoms with Crippen LogP contribution in [0.25, 0.3) is 17.1 Å². The topological polar surface area (TPSA) is 43.2 Å².